The first kappa shape index (κ1) is 23.7. The summed E-state index contributed by atoms with van der Waals surface area (Å²) in [4.78, 5) is 32.8. The van der Waals surface area contributed by atoms with E-state index in [-0.39, 0.29) is 11.5 Å². The fourth-order valence-corrected chi connectivity index (χ4v) is 4.70. The number of halogens is 1. The van der Waals surface area contributed by atoms with Gasteiger partial charge in [-0.05, 0) is 54.9 Å². The molecule has 0 radical (unpaired) electrons. The molecule has 174 valence electrons. The molecule has 2 aromatic carbocycles. The zero-order valence-corrected chi connectivity index (χ0v) is 20.2. The topological polar surface area (TPSA) is 61.3 Å². The largest absolute Gasteiger partial charge is 0.340 e. The average molecular weight is 485 g/mol. The van der Waals surface area contributed by atoms with Crippen LogP contribution in [0.5, 0.6) is 0 Å². The van der Waals surface area contributed by atoms with Gasteiger partial charge < -0.3 is 9.88 Å². The van der Waals surface area contributed by atoms with Gasteiger partial charge >= 0.3 is 0 Å². The van der Waals surface area contributed by atoms with Crippen molar-refractivity contribution in [3.05, 3.63) is 74.2 Å². The molecular formula is C25H29ClN4O2S. The molecule has 1 aliphatic heterocycles. The number of nitrogens with one attached hydrogen (secondary N) is 1. The molecule has 4 rings (SSSR count). The maximum atomic E-state index is 12.7. The Morgan fingerprint density at radius 1 is 0.970 bits per heavy atom. The lowest BCUT2D eigenvalue weighted by molar-refractivity contribution is -0.133. The molecule has 0 bridgehead atoms. The van der Waals surface area contributed by atoms with Gasteiger partial charge in [-0.1, -0.05) is 42.3 Å². The number of piperazine rings is 1. The summed E-state index contributed by atoms with van der Waals surface area (Å²) < 4.78 is 2.07. The summed E-state index contributed by atoms with van der Waals surface area (Å²) in [6, 6.07) is 15.4. The first-order valence-corrected chi connectivity index (χ1v) is 12.3. The summed E-state index contributed by atoms with van der Waals surface area (Å²) in [5, 5.41) is 1.40. The predicted molar refractivity (Wildman–Crippen MR) is 135 cm³/mol. The monoisotopic (exact) mass is 484 g/mol. The van der Waals surface area contributed by atoms with E-state index in [0.717, 1.165) is 62.5 Å². The minimum Gasteiger partial charge on any atom is -0.340 e. The minimum absolute atomic E-state index is 0.0538. The summed E-state index contributed by atoms with van der Waals surface area (Å²) in [6.45, 7) is 4.77. The van der Waals surface area contributed by atoms with E-state index in [9.17, 15) is 9.59 Å². The second kappa shape index (κ2) is 11.1. The molecular weight excluding hydrogens is 456 g/mol. The SMILES string of the molecule is O=C(CCCCCn1c(=S)[nH]c2ccccc2c1=O)N1CCN(Cc2ccc(Cl)cc2)CC1. The lowest BCUT2D eigenvalue weighted by atomic mass is 10.1. The van der Waals surface area contributed by atoms with E-state index < -0.39 is 0 Å². The Kier molecular flexibility index (Phi) is 7.96. The molecule has 8 heteroatoms. The number of amides is 1. The number of unbranched alkanes of at least 4 members (excludes halogenated alkanes) is 2. The molecule has 2 heterocycles. The van der Waals surface area contributed by atoms with Gasteiger partial charge in [0.1, 0.15) is 0 Å². The maximum Gasteiger partial charge on any atom is 0.262 e. The highest BCUT2D eigenvalue weighted by atomic mass is 35.5. The highest BCUT2D eigenvalue weighted by molar-refractivity contribution is 7.71. The maximum absolute atomic E-state index is 12.7. The molecule has 0 aliphatic carbocycles. The van der Waals surface area contributed by atoms with Crippen LogP contribution in [0, 0.1) is 4.77 Å². The lowest BCUT2D eigenvalue weighted by Gasteiger charge is -2.34. The predicted octanol–water partition coefficient (Wildman–Crippen LogP) is 4.62. The van der Waals surface area contributed by atoms with Crippen molar-refractivity contribution in [2.45, 2.75) is 38.8 Å². The number of hydrogen-bond donors (Lipinski definition) is 1. The molecule has 6 nitrogen and oxygen atoms in total. The van der Waals surface area contributed by atoms with Gasteiger partial charge in [-0.3, -0.25) is 19.1 Å². The van der Waals surface area contributed by atoms with Gasteiger partial charge in [0.05, 0.1) is 10.9 Å². The molecule has 1 fully saturated rings. The number of carbonyl (C=O) groups is 1. The van der Waals surface area contributed by atoms with E-state index in [2.05, 4.69) is 22.0 Å². The van der Waals surface area contributed by atoms with Gasteiger partial charge in [0.25, 0.3) is 5.56 Å². The second-order valence-corrected chi connectivity index (χ2v) is 9.35. The third kappa shape index (κ3) is 6.10. The molecule has 1 N–H and O–H groups in total. The van der Waals surface area contributed by atoms with Crippen molar-refractivity contribution >= 4 is 40.6 Å². The molecule has 0 unspecified atom stereocenters. The lowest BCUT2D eigenvalue weighted by Crippen LogP contribution is -2.48. The van der Waals surface area contributed by atoms with Crippen molar-refractivity contribution in [2.24, 2.45) is 0 Å². The van der Waals surface area contributed by atoms with Crippen molar-refractivity contribution in [1.82, 2.24) is 19.4 Å². The third-order valence-electron chi connectivity index (χ3n) is 6.21. The zero-order chi connectivity index (χ0) is 23.2. The van der Waals surface area contributed by atoms with E-state index in [0.29, 0.717) is 23.1 Å². The molecule has 0 spiro atoms. The summed E-state index contributed by atoms with van der Waals surface area (Å²) >= 11 is 11.3. The van der Waals surface area contributed by atoms with Crippen LogP contribution in [-0.4, -0.2) is 51.4 Å². The summed E-state index contributed by atoms with van der Waals surface area (Å²) in [5.41, 5.74) is 1.95. The van der Waals surface area contributed by atoms with E-state index in [1.54, 1.807) is 4.57 Å². The van der Waals surface area contributed by atoms with Crippen LogP contribution in [0.3, 0.4) is 0 Å². The van der Waals surface area contributed by atoms with Crippen LogP contribution in [-0.2, 0) is 17.9 Å². The first-order chi connectivity index (χ1) is 16.0. The van der Waals surface area contributed by atoms with Crippen LogP contribution in [0.15, 0.2) is 53.3 Å². The van der Waals surface area contributed by atoms with Crippen molar-refractivity contribution < 1.29 is 4.79 Å². The Balaban J connectivity index is 1.18. The van der Waals surface area contributed by atoms with Gasteiger partial charge in [-0.15, -0.1) is 0 Å². The number of nitrogens with zero attached hydrogens (tertiary/aromatic N) is 3. The number of carbonyl (C=O) groups excluding carboxylic acids is 1. The van der Waals surface area contributed by atoms with Gasteiger partial charge in [0.2, 0.25) is 5.91 Å². The molecule has 1 saturated heterocycles. The van der Waals surface area contributed by atoms with Crippen LogP contribution in [0.4, 0.5) is 0 Å². The van der Waals surface area contributed by atoms with Crippen molar-refractivity contribution in [3.63, 3.8) is 0 Å². The highest BCUT2D eigenvalue weighted by Gasteiger charge is 2.20. The molecule has 3 aromatic rings. The van der Waals surface area contributed by atoms with Crippen LogP contribution >= 0.6 is 23.8 Å². The van der Waals surface area contributed by atoms with E-state index in [1.165, 1.54) is 5.56 Å². The third-order valence-corrected chi connectivity index (χ3v) is 6.78. The number of aromatic nitrogens is 2. The van der Waals surface area contributed by atoms with Crippen molar-refractivity contribution in [2.75, 3.05) is 26.2 Å². The van der Waals surface area contributed by atoms with Gasteiger partial charge in [-0.25, -0.2) is 0 Å². The number of benzene rings is 2. The molecule has 1 aliphatic rings. The van der Waals surface area contributed by atoms with Crippen LogP contribution in [0.2, 0.25) is 5.02 Å². The average Bonchev–Trinajstić information content (AvgIpc) is 2.82. The smallest absolute Gasteiger partial charge is 0.262 e. The van der Waals surface area contributed by atoms with E-state index >= 15 is 0 Å². The zero-order valence-electron chi connectivity index (χ0n) is 18.6. The van der Waals surface area contributed by atoms with Gasteiger partial charge in [0.15, 0.2) is 4.77 Å². The van der Waals surface area contributed by atoms with Crippen LogP contribution in [0.1, 0.15) is 31.2 Å². The fraction of sp³-hybridized carbons (Fsp3) is 0.400. The van der Waals surface area contributed by atoms with Gasteiger partial charge in [-0.2, -0.15) is 0 Å². The molecule has 0 saturated carbocycles. The van der Waals surface area contributed by atoms with E-state index in [4.69, 9.17) is 23.8 Å². The summed E-state index contributed by atoms with van der Waals surface area (Å²) in [6.07, 6.45) is 3.08. The molecule has 0 atom stereocenters. The number of rotatable bonds is 8. The fourth-order valence-electron chi connectivity index (χ4n) is 4.29. The van der Waals surface area contributed by atoms with Crippen molar-refractivity contribution in [3.8, 4) is 0 Å². The number of fused-ring (bicyclic) bond motifs is 1. The summed E-state index contributed by atoms with van der Waals surface area (Å²) in [7, 11) is 0. The van der Waals surface area contributed by atoms with E-state index in [1.807, 2.05) is 41.3 Å². The Morgan fingerprint density at radius 2 is 1.70 bits per heavy atom. The van der Waals surface area contributed by atoms with Crippen LogP contribution in [0.25, 0.3) is 10.9 Å². The Morgan fingerprint density at radius 3 is 2.45 bits per heavy atom. The number of hydrogen-bond acceptors (Lipinski definition) is 4. The quantitative estimate of drug-likeness (QED) is 0.374. The van der Waals surface area contributed by atoms with Gasteiger partial charge in [0, 0.05) is 50.7 Å². The first-order valence-electron chi connectivity index (χ1n) is 11.5. The normalized spacial score (nSPS) is 14.6. The molecule has 33 heavy (non-hydrogen) atoms. The molecule has 1 amide bonds. The number of aromatic amines is 1. The Hall–Kier alpha value is -2.48. The van der Waals surface area contributed by atoms with Crippen molar-refractivity contribution in [1.29, 1.82) is 0 Å². The number of H-pyrrole nitrogens is 1. The second-order valence-electron chi connectivity index (χ2n) is 8.53. The standard InChI is InChI=1S/C25H29ClN4O2S/c26-20-11-9-19(10-12-20)18-28-14-16-29(17-15-28)23(31)8-2-1-5-13-30-24(32)21-6-3-4-7-22(21)27-25(30)33/h3-4,6-7,9-12H,1-2,5,8,13-18H2,(H,27,33). The van der Waals surface area contributed by atoms with Crippen LogP contribution < -0.4 is 5.56 Å². The minimum atomic E-state index is -0.0538. The summed E-state index contributed by atoms with van der Waals surface area (Å²) in [5.74, 6) is 0.223. The Bertz CT molecular complexity index is 1210. The Labute approximate surface area is 203 Å². The highest BCUT2D eigenvalue weighted by Crippen LogP contribution is 2.14. The number of para-hydroxylation sites is 1. The molecule has 1 aromatic heterocycles.